The van der Waals surface area contributed by atoms with Crippen LogP contribution in [-0.2, 0) is 4.74 Å². The number of hydrogen-bond acceptors (Lipinski definition) is 6. The predicted octanol–water partition coefficient (Wildman–Crippen LogP) is 3.13. The molecular weight excluding hydrogens is 312 g/mol. The molecule has 0 spiro atoms. The van der Waals surface area contributed by atoms with Gasteiger partial charge in [0.2, 0.25) is 5.89 Å². The van der Waals surface area contributed by atoms with Crippen molar-refractivity contribution in [3.8, 4) is 17.2 Å². The third-order valence-electron chi connectivity index (χ3n) is 3.27. The zero-order valence-corrected chi connectivity index (χ0v) is 12.8. The Hall–Kier alpha value is -3.35. The smallest absolute Gasteiger partial charge is 0.411 e. The van der Waals surface area contributed by atoms with Crippen molar-refractivity contribution in [2.24, 2.45) is 0 Å². The monoisotopic (exact) mass is 326 g/mol. The molecular formula is C17H14N2O5. The summed E-state index contributed by atoms with van der Waals surface area (Å²) in [6.45, 7) is 1.94. The van der Waals surface area contributed by atoms with E-state index in [1.807, 2.05) is 0 Å². The standard InChI is InChI=1S/C17H14N2O5/c1-2-23-17(22)18-13-6-4-3-5-11(13)16-19-15(21)12-9-10(20)7-8-14(12)24-16/h3-9,20H,2H2,1H3,(H,18,22). The average molecular weight is 326 g/mol. The van der Waals surface area contributed by atoms with Crippen LogP contribution in [0, 0.1) is 0 Å². The van der Waals surface area contributed by atoms with Gasteiger partial charge in [-0.3, -0.25) is 10.1 Å². The van der Waals surface area contributed by atoms with Gasteiger partial charge in [-0.15, -0.1) is 0 Å². The average Bonchev–Trinajstić information content (AvgIpc) is 2.56. The third kappa shape index (κ3) is 3.05. The van der Waals surface area contributed by atoms with Crippen molar-refractivity contribution in [3.63, 3.8) is 0 Å². The van der Waals surface area contributed by atoms with Crippen molar-refractivity contribution >= 4 is 22.7 Å². The van der Waals surface area contributed by atoms with Gasteiger partial charge in [-0.2, -0.15) is 4.98 Å². The van der Waals surface area contributed by atoms with E-state index in [9.17, 15) is 14.7 Å². The molecule has 24 heavy (non-hydrogen) atoms. The van der Waals surface area contributed by atoms with Gasteiger partial charge in [-0.25, -0.2) is 4.79 Å². The second-order valence-electron chi connectivity index (χ2n) is 4.90. The molecule has 0 saturated carbocycles. The van der Waals surface area contributed by atoms with Gasteiger partial charge in [0, 0.05) is 0 Å². The zero-order chi connectivity index (χ0) is 17.1. The van der Waals surface area contributed by atoms with Gasteiger partial charge in [-0.1, -0.05) is 12.1 Å². The molecule has 2 N–H and O–H groups in total. The highest BCUT2D eigenvalue weighted by Gasteiger charge is 2.14. The first-order valence-corrected chi connectivity index (χ1v) is 7.25. The minimum absolute atomic E-state index is 0.0475. The van der Waals surface area contributed by atoms with E-state index >= 15 is 0 Å². The summed E-state index contributed by atoms with van der Waals surface area (Å²) < 4.78 is 10.5. The quantitative estimate of drug-likeness (QED) is 0.766. The number of phenols is 1. The predicted molar refractivity (Wildman–Crippen MR) is 88.0 cm³/mol. The Bertz CT molecular complexity index is 965. The lowest BCUT2D eigenvalue weighted by atomic mass is 10.1. The number of fused-ring (bicyclic) bond motifs is 1. The van der Waals surface area contributed by atoms with Crippen LogP contribution in [0.5, 0.6) is 5.75 Å². The summed E-state index contributed by atoms with van der Waals surface area (Å²) in [5, 5.41) is 12.2. The molecule has 0 aliphatic carbocycles. The maximum atomic E-state index is 12.2. The number of phenolic OH excluding ortho intramolecular Hbond substituents is 1. The molecule has 0 saturated heterocycles. The molecule has 0 radical (unpaired) electrons. The van der Waals surface area contributed by atoms with E-state index in [0.29, 0.717) is 11.3 Å². The number of benzene rings is 2. The molecule has 3 aromatic rings. The number of rotatable bonds is 3. The molecule has 3 rings (SSSR count). The lowest BCUT2D eigenvalue weighted by molar-refractivity contribution is 0.168. The lowest BCUT2D eigenvalue weighted by Crippen LogP contribution is -2.14. The van der Waals surface area contributed by atoms with Crippen LogP contribution in [0.4, 0.5) is 10.5 Å². The molecule has 0 aliphatic rings. The highest BCUT2D eigenvalue weighted by Crippen LogP contribution is 2.28. The van der Waals surface area contributed by atoms with E-state index in [4.69, 9.17) is 9.15 Å². The molecule has 1 amide bonds. The Morgan fingerprint density at radius 3 is 2.88 bits per heavy atom. The number of hydrogen-bond donors (Lipinski definition) is 2. The van der Waals surface area contributed by atoms with Gasteiger partial charge in [-0.05, 0) is 37.3 Å². The number of para-hydroxylation sites is 1. The third-order valence-corrected chi connectivity index (χ3v) is 3.27. The molecule has 1 aromatic heterocycles. The molecule has 122 valence electrons. The van der Waals surface area contributed by atoms with Crippen LogP contribution in [0.15, 0.2) is 51.7 Å². The Morgan fingerprint density at radius 2 is 2.08 bits per heavy atom. The fraction of sp³-hybridized carbons (Fsp3) is 0.118. The van der Waals surface area contributed by atoms with Crippen LogP contribution >= 0.6 is 0 Å². The van der Waals surface area contributed by atoms with Crippen LogP contribution in [0.25, 0.3) is 22.4 Å². The maximum absolute atomic E-state index is 12.2. The number of aromatic hydroxyl groups is 1. The van der Waals surface area contributed by atoms with Crippen LogP contribution in [0.1, 0.15) is 6.92 Å². The van der Waals surface area contributed by atoms with E-state index < -0.39 is 11.7 Å². The van der Waals surface area contributed by atoms with Gasteiger partial charge in [0.1, 0.15) is 11.3 Å². The van der Waals surface area contributed by atoms with Crippen molar-refractivity contribution in [3.05, 3.63) is 52.8 Å². The van der Waals surface area contributed by atoms with E-state index in [2.05, 4.69) is 10.3 Å². The summed E-state index contributed by atoms with van der Waals surface area (Å²) >= 11 is 0. The van der Waals surface area contributed by atoms with Crippen LogP contribution < -0.4 is 10.9 Å². The van der Waals surface area contributed by atoms with Crippen molar-refractivity contribution in [2.45, 2.75) is 6.92 Å². The molecule has 0 aliphatic heterocycles. The van der Waals surface area contributed by atoms with Crippen molar-refractivity contribution in [2.75, 3.05) is 11.9 Å². The molecule has 0 unspecified atom stereocenters. The van der Waals surface area contributed by atoms with E-state index in [1.165, 1.54) is 18.2 Å². The number of nitrogens with zero attached hydrogens (tertiary/aromatic N) is 1. The maximum Gasteiger partial charge on any atom is 0.411 e. The first kappa shape index (κ1) is 15.5. The van der Waals surface area contributed by atoms with Crippen molar-refractivity contribution < 1.29 is 19.1 Å². The fourth-order valence-corrected chi connectivity index (χ4v) is 2.22. The highest BCUT2D eigenvalue weighted by molar-refractivity contribution is 5.90. The van der Waals surface area contributed by atoms with Gasteiger partial charge in [0.05, 0.1) is 23.2 Å². The van der Waals surface area contributed by atoms with E-state index in [-0.39, 0.29) is 29.2 Å². The minimum Gasteiger partial charge on any atom is -0.508 e. The second-order valence-corrected chi connectivity index (χ2v) is 4.90. The molecule has 7 nitrogen and oxygen atoms in total. The molecule has 0 bridgehead atoms. The Kier molecular flexibility index (Phi) is 4.15. The number of nitrogens with one attached hydrogen (secondary N) is 1. The number of carbonyl (C=O) groups excluding carboxylic acids is 1. The van der Waals surface area contributed by atoms with Crippen molar-refractivity contribution in [1.29, 1.82) is 0 Å². The first-order chi connectivity index (χ1) is 11.6. The Labute approximate surface area is 136 Å². The van der Waals surface area contributed by atoms with Gasteiger partial charge in [0.15, 0.2) is 0 Å². The number of ether oxygens (including phenoxy) is 1. The van der Waals surface area contributed by atoms with Crippen LogP contribution in [0.2, 0.25) is 0 Å². The second kappa shape index (κ2) is 6.41. The number of carbonyl (C=O) groups is 1. The van der Waals surface area contributed by atoms with Gasteiger partial charge in [0.25, 0.3) is 5.56 Å². The molecule has 0 atom stereocenters. The molecule has 7 heteroatoms. The summed E-state index contributed by atoms with van der Waals surface area (Å²) in [6, 6.07) is 11.0. The summed E-state index contributed by atoms with van der Waals surface area (Å²) in [4.78, 5) is 27.7. The summed E-state index contributed by atoms with van der Waals surface area (Å²) in [6.07, 6.45) is -0.613. The summed E-state index contributed by atoms with van der Waals surface area (Å²) in [7, 11) is 0. The lowest BCUT2D eigenvalue weighted by Gasteiger charge is -2.10. The Morgan fingerprint density at radius 1 is 1.29 bits per heavy atom. The van der Waals surface area contributed by atoms with Crippen molar-refractivity contribution in [1.82, 2.24) is 4.98 Å². The summed E-state index contributed by atoms with van der Waals surface area (Å²) in [5.74, 6) is 0.0133. The summed E-state index contributed by atoms with van der Waals surface area (Å²) in [5.41, 5.74) is 0.601. The zero-order valence-electron chi connectivity index (χ0n) is 12.8. The fourth-order valence-electron chi connectivity index (χ4n) is 2.22. The van der Waals surface area contributed by atoms with Gasteiger partial charge < -0.3 is 14.3 Å². The number of aromatic nitrogens is 1. The molecule has 0 fully saturated rings. The van der Waals surface area contributed by atoms with E-state index in [1.54, 1.807) is 31.2 Å². The van der Waals surface area contributed by atoms with E-state index in [0.717, 1.165) is 0 Å². The highest BCUT2D eigenvalue weighted by atomic mass is 16.5. The topological polar surface area (TPSA) is 102 Å². The largest absolute Gasteiger partial charge is 0.508 e. The number of amides is 1. The SMILES string of the molecule is CCOC(=O)Nc1ccccc1-c1nc(=O)c2cc(O)ccc2o1. The normalized spacial score (nSPS) is 10.5. The number of anilines is 1. The molecule has 2 aromatic carbocycles. The Balaban J connectivity index is 2.09. The van der Waals surface area contributed by atoms with Crippen LogP contribution in [0.3, 0.4) is 0 Å². The molecule has 1 heterocycles. The van der Waals surface area contributed by atoms with Crippen LogP contribution in [-0.4, -0.2) is 22.8 Å². The minimum atomic E-state index is -0.613. The van der Waals surface area contributed by atoms with Gasteiger partial charge >= 0.3 is 6.09 Å². The first-order valence-electron chi connectivity index (χ1n) is 7.25.